The fraction of sp³-hybridized carbons (Fsp3) is 0.462. The summed E-state index contributed by atoms with van der Waals surface area (Å²) >= 11 is 11.8. The Morgan fingerprint density at radius 1 is 1.42 bits per heavy atom. The van der Waals surface area contributed by atoms with E-state index in [1.54, 1.807) is 25.1 Å². The van der Waals surface area contributed by atoms with Gasteiger partial charge >= 0.3 is 0 Å². The van der Waals surface area contributed by atoms with Crippen molar-refractivity contribution in [3.8, 4) is 0 Å². The monoisotopic (exact) mass is 324 g/mol. The molecular weight excluding hydrogens is 307 g/mol. The molecule has 108 valence electrons. The van der Waals surface area contributed by atoms with Crippen LogP contribution in [0.15, 0.2) is 18.2 Å². The van der Waals surface area contributed by atoms with Gasteiger partial charge in [0.05, 0.1) is 5.54 Å². The first-order valence-electron chi connectivity index (χ1n) is 5.88. The standard InChI is InChI=1S/C13H18Cl2N2O.ClH/c1-3-6-13(2,16)12(18)17-8-9-4-5-10(14)7-11(9)15;/h4-5,7H,3,6,8,16H2,1-2H3,(H,17,18);1H. The summed E-state index contributed by atoms with van der Waals surface area (Å²) in [6.07, 6.45) is 1.51. The van der Waals surface area contributed by atoms with Crippen LogP contribution in [-0.4, -0.2) is 11.4 Å². The van der Waals surface area contributed by atoms with Crippen LogP contribution in [0, 0.1) is 0 Å². The molecule has 1 rings (SSSR count). The van der Waals surface area contributed by atoms with Crippen molar-refractivity contribution in [2.45, 2.75) is 38.8 Å². The Hall–Kier alpha value is -0.480. The van der Waals surface area contributed by atoms with Crippen molar-refractivity contribution >= 4 is 41.5 Å². The number of nitrogens with two attached hydrogens (primary N) is 1. The second-order valence-electron chi connectivity index (χ2n) is 4.59. The molecule has 3 N–H and O–H groups in total. The summed E-state index contributed by atoms with van der Waals surface area (Å²) in [4.78, 5) is 11.9. The zero-order valence-corrected chi connectivity index (χ0v) is 13.3. The lowest BCUT2D eigenvalue weighted by Gasteiger charge is -2.23. The molecule has 1 aromatic carbocycles. The van der Waals surface area contributed by atoms with Gasteiger partial charge in [-0.15, -0.1) is 12.4 Å². The second kappa shape index (κ2) is 7.95. The summed E-state index contributed by atoms with van der Waals surface area (Å²) in [7, 11) is 0. The molecule has 0 radical (unpaired) electrons. The maximum atomic E-state index is 11.9. The van der Waals surface area contributed by atoms with Gasteiger partial charge in [0.2, 0.25) is 5.91 Å². The van der Waals surface area contributed by atoms with Crippen LogP contribution < -0.4 is 11.1 Å². The Bertz CT molecular complexity index is 436. The Labute approximate surface area is 130 Å². The van der Waals surface area contributed by atoms with Gasteiger partial charge in [-0.2, -0.15) is 0 Å². The highest BCUT2D eigenvalue weighted by atomic mass is 35.5. The van der Waals surface area contributed by atoms with Gasteiger partial charge < -0.3 is 11.1 Å². The first-order chi connectivity index (χ1) is 8.36. The van der Waals surface area contributed by atoms with Gasteiger partial charge in [-0.3, -0.25) is 4.79 Å². The lowest BCUT2D eigenvalue weighted by Crippen LogP contribution is -2.51. The van der Waals surface area contributed by atoms with Crippen molar-refractivity contribution in [1.82, 2.24) is 5.32 Å². The van der Waals surface area contributed by atoms with Gasteiger partial charge in [-0.05, 0) is 31.0 Å². The van der Waals surface area contributed by atoms with Gasteiger partial charge in [0.15, 0.2) is 0 Å². The fourth-order valence-electron chi connectivity index (χ4n) is 1.68. The van der Waals surface area contributed by atoms with Crippen molar-refractivity contribution in [3.05, 3.63) is 33.8 Å². The third-order valence-corrected chi connectivity index (χ3v) is 3.33. The molecule has 0 fully saturated rings. The van der Waals surface area contributed by atoms with Crippen molar-refractivity contribution < 1.29 is 4.79 Å². The maximum Gasteiger partial charge on any atom is 0.240 e. The number of amides is 1. The molecule has 0 aliphatic carbocycles. The number of rotatable bonds is 5. The quantitative estimate of drug-likeness (QED) is 0.870. The molecule has 0 aromatic heterocycles. The minimum atomic E-state index is -0.840. The van der Waals surface area contributed by atoms with Crippen LogP contribution in [0.5, 0.6) is 0 Å². The highest BCUT2D eigenvalue weighted by Gasteiger charge is 2.26. The molecule has 1 amide bonds. The average Bonchev–Trinajstić information content (AvgIpc) is 2.27. The number of hydrogen-bond acceptors (Lipinski definition) is 2. The topological polar surface area (TPSA) is 55.1 Å². The highest BCUT2D eigenvalue weighted by molar-refractivity contribution is 6.35. The zero-order chi connectivity index (χ0) is 13.8. The SMILES string of the molecule is CCCC(C)(N)C(=O)NCc1ccc(Cl)cc1Cl.Cl. The predicted molar refractivity (Wildman–Crippen MR) is 83.1 cm³/mol. The molecule has 1 atom stereocenters. The predicted octanol–water partition coefficient (Wildman–Crippen LogP) is 3.55. The van der Waals surface area contributed by atoms with Gasteiger partial charge in [0.25, 0.3) is 0 Å². The van der Waals surface area contributed by atoms with E-state index in [-0.39, 0.29) is 18.3 Å². The largest absolute Gasteiger partial charge is 0.350 e. The summed E-state index contributed by atoms with van der Waals surface area (Å²) in [5, 5.41) is 3.91. The number of halogens is 3. The van der Waals surface area contributed by atoms with E-state index in [1.165, 1.54) is 0 Å². The van der Waals surface area contributed by atoms with E-state index in [1.807, 2.05) is 6.92 Å². The minimum absolute atomic E-state index is 0. The van der Waals surface area contributed by atoms with Crippen molar-refractivity contribution in [2.75, 3.05) is 0 Å². The maximum absolute atomic E-state index is 11.9. The van der Waals surface area contributed by atoms with E-state index in [0.29, 0.717) is 23.0 Å². The molecule has 19 heavy (non-hydrogen) atoms. The molecule has 6 heteroatoms. The first-order valence-corrected chi connectivity index (χ1v) is 6.63. The fourth-order valence-corrected chi connectivity index (χ4v) is 2.15. The molecule has 1 aromatic rings. The minimum Gasteiger partial charge on any atom is -0.350 e. The number of carbonyl (C=O) groups is 1. The number of nitrogens with one attached hydrogen (secondary N) is 1. The van der Waals surface area contributed by atoms with Crippen LogP contribution >= 0.6 is 35.6 Å². The van der Waals surface area contributed by atoms with E-state index in [0.717, 1.165) is 12.0 Å². The molecule has 0 aliphatic rings. The van der Waals surface area contributed by atoms with Crippen LogP contribution in [0.2, 0.25) is 10.0 Å². The number of carbonyl (C=O) groups excluding carboxylic acids is 1. The molecule has 0 spiro atoms. The van der Waals surface area contributed by atoms with Crippen LogP contribution in [0.25, 0.3) is 0 Å². The molecular formula is C13H19Cl3N2O. The van der Waals surface area contributed by atoms with Gasteiger partial charge in [0, 0.05) is 16.6 Å². The van der Waals surface area contributed by atoms with E-state index in [4.69, 9.17) is 28.9 Å². The number of benzene rings is 1. The van der Waals surface area contributed by atoms with Crippen LogP contribution in [0.3, 0.4) is 0 Å². The summed E-state index contributed by atoms with van der Waals surface area (Å²) < 4.78 is 0. The van der Waals surface area contributed by atoms with Crippen LogP contribution in [0.4, 0.5) is 0 Å². The summed E-state index contributed by atoms with van der Waals surface area (Å²) in [6, 6.07) is 5.18. The second-order valence-corrected chi connectivity index (χ2v) is 5.43. The third kappa shape index (κ3) is 5.57. The molecule has 0 bridgehead atoms. The molecule has 0 saturated heterocycles. The Morgan fingerprint density at radius 2 is 2.05 bits per heavy atom. The Morgan fingerprint density at radius 3 is 2.58 bits per heavy atom. The lowest BCUT2D eigenvalue weighted by atomic mass is 9.96. The van der Waals surface area contributed by atoms with E-state index >= 15 is 0 Å². The van der Waals surface area contributed by atoms with Crippen LogP contribution in [-0.2, 0) is 11.3 Å². The average molecular weight is 326 g/mol. The molecule has 1 unspecified atom stereocenters. The summed E-state index contributed by atoms with van der Waals surface area (Å²) in [5.74, 6) is -0.171. The summed E-state index contributed by atoms with van der Waals surface area (Å²) in [5.41, 5.74) is 5.91. The van der Waals surface area contributed by atoms with Crippen LogP contribution in [0.1, 0.15) is 32.3 Å². The molecule has 0 heterocycles. The van der Waals surface area contributed by atoms with Crippen molar-refractivity contribution in [3.63, 3.8) is 0 Å². The molecule has 0 saturated carbocycles. The number of hydrogen-bond donors (Lipinski definition) is 2. The van der Waals surface area contributed by atoms with Gasteiger partial charge in [-0.1, -0.05) is 42.6 Å². The van der Waals surface area contributed by atoms with E-state index < -0.39 is 5.54 Å². The van der Waals surface area contributed by atoms with Gasteiger partial charge in [0.1, 0.15) is 0 Å². The Kier molecular flexibility index (Phi) is 7.75. The third-order valence-electron chi connectivity index (χ3n) is 2.74. The van der Waals surface area contributed by atoms with E-state index in [2.05, 4.69) is 5.32 Å². The smallest absolute Gasteiger partial charge is 0.240 e. The van der Waals surface area contributed by atoms with Gasteiger partial charge in [-0.25, -0.2) is 0 Å². The molecule has 3 nitrogen and oxygen atoms in total. The lowest BCUT2D eigenvalue weighted by molar-refractivity contribution is -0.126. The summed E-state index contributed by atoms with van der Waals surface area (Å²) in [6.45, 7) is 4.08. The molecule has 0 aliphatic heterocycles. The van der Waals surface area contributed by atoms with Crippen molar-refractivity contribution in [1.29, 1.82) is 0 Å². The van der Waals surface area contributed by atoms with Crippen molar-refractivity contribution in [2.24, 2.45) is 5.73 Å². The highest BCUT2D eigenvalue weighted by Crippen LogP contribution is 2.21. The van der Waals surface area contributed by atoms with E-state index in [9.17, 15) is 4.79 Å². The zero-order valence-electron chi connectivity index (χ0n) is 11.0. The Balaban J connectivity index is 0.00000324. The normalized spacial score (nSPS) is 13.3. The first kappa shape index (κ1) is 18.5.